The molecule has 3 heterocycles. The molecule has 238 valence electrons. The number of aromatic nitrogens is 3. The fourth-order valence-electron chi connectivity index (χ4n) is 5.36. The van der Waals surface area contributed by atoms with Gasteiger partial charge in [-0.2, -0.15) is 0 Å². The van der Waals surface area contributed by atoms with Gasteiger partial charge in [0, 0.05) is 55.6 Å². The lowest BCUT2D eigenvalue weighted by Gasteiger charge is -2.36. The van der Waals surface area contributed by atoms with Gasteiger partial charge in [-0.25, -0.2) is 14.2 Å². The number of carboxylic acid groups (broad SMARTS) is 1. The maximum Gasteiger partial charge on any atom is 0.341 e. The molecule has 1 saturated heterocycles. The second-order valence-electron chi connectivity index (χ2n) is 11.1. The van der Waals surface area contributed by atoms with Crippen LogP contribution >= 0.6 is 11.8 Å². The second-order valence-corrected chi connectivity index (χ2v) is 12.1. The van der Waals surface area contributed by atoms with E-state index in [-0.39, 0.29) is 52.1 Å². The van der Waals surface area contributed by atoms with Gasteiger partial charge < -0.3 is 30.2 Å². The highest BCUT2D eigenvalue weighted by molar-refractivity contribution is 7.99. The summed E-state index contributed by atoms with van der Waals surface area (Å²) in [6.45, 7) is 1.72. The highest BCUT2D eigenvalue weighted by Crippen LogP contribution is 2.38. The summed E-state index contributed by atoms with van der Waals surface area (Å²) in [5.74, 6) is -2.57. The molecule has 0 spiro atoms. The average Bonchev–Trinajstić information content (AvgIpc) is 3.86. The van der Waals surface area contributed by atoms with Gasteiger partial charge in [-0.3, -0.25) is 24.1 Å². The topological polar surface area (TPSA) is 170 Å². The maximum absolute atomic E-state index is 15.3. The van der Waals surface area contributed by atoms with Crippen molar-refractivity contribution in [2.45, 2.75) is 24.0 Å². The number of halogens is 1. The summed E-state index contributed by atoms with van der Waals surface area (Å²) in [5, 5.41) is 15.1. The average molecular weight is 648 g/mol. The standard InChI is InChI=1S/C31H30FN7O6S/c32-22-12-20-23(39(19-6-7-19)15-21(29(20)43)30(44)45)13-24(22)38-10-8-37(9-11-38)16-27(41)34-25-14-26(40)36-31(35-25)46-17-28(42)33-18-4-2-1-3-5-18/h1-5,12-15,19H,6-11,16-17H2,(H,33,42)(H,44,45)(H2,34,35,36,40,41). The minimum Gasteiger partial charge on any atom is -0.477 e. The molecule has 0 radical (unpaired) electrons. The van der Waals surface area contributed by atoms with Crippen molar-refractivity contribution in [2.24, 2.45) is 0 Å². The largest absolute Gasteiger partial charge is 0.477 e. The Hall–Kier alpha value is -5.02. The molecule has 2 amide bonds. The Morgan fingerprint density at radius 2 is 1.74 bits per heavy atom. The van der Waals surface area contributed by atoms with E-state index in [0.29, 0.717) is 43.1 Å². The fourth-order valence-corrected chi connectivity index (χ4v) is 6.04. The van der Waals surface area contributed by atoms with E-state index < -0.39 is 22.8 Å². The Morgan fingerprint density at radius 3 is 2.43 bits per heavy atom. The predicted octanol–water partition coefficient (Wildman–Crippen LogP) is 2.75. The summed E-state index contributed by atoms with van der Waals surface area (Å²) in [6.07, 6.45) is 3.05. The van der Waals surface area contributed by atoms with Crippen LogP contribution in [-0.2, 0) is 9.59 Å². The lowest BCUT2D eigenvalue weighted by Crippen LogP contribution is -2.49. The van der Waals surface area contributed by atoms with Crippen LogP contribution < -0.4 is 26.5 Å². The number of anilines is 3. The number of amides is 2. The Morgan fingerprint density at radius 1 is 1.00 bits per heavy atom. The number of H-pyrrole nitrogens is 1. The van der Waals surface area contributed by atoms with Crippen LogP contribution in [0.15, 0.2) is 69.5 Å². The van der Waals surface area contributed by atoms with Gasteiger partial charge in [0.25, 0.3) is 5.56 Å². The number of nitrogens with zero attached hydrogens (tertiary/aromatic N) is 4. The number of carboxylic acids is 1. The molecular formula is C31H30FN7O6S. The Kier molecular flexibility index (Phi) is 8.85. The molecule has 1 saturated carbocycles. The first kappa shape index (κ1) is 31.0. The number of aromatic amines is 1. The Balaban J connectivity index is 1.06. The molecule has 1 aliphatic carbocycles. The minimum atomic E-state index is -1.34. The molecule has 1 aliphatic heterocycles. The summed E-state index contributed by atoms with van der Waals surface area (Å²) >= 11 is 1.03. The first-order chi connectivity index (χ1) is 22.1. The van der Waals surface area contributed by atoms with Crippen molar-refractivity contribution in [3.8, 4) is 0 Å². The number of thioether (sulfide) groups is 1. The van der Waals surface area contributed by atoms with Crippen molar-refractivity contribution in [3.05, 3.63) is 86.7 Å². The van der Waals surface area contributed by atoms with Crippen LogP contribution in [-0.4, -0.2) is 80.8 Å². The maximum atomic E-state index is 15.3. The van der Waals surface area contributed by atoms with Gasteiger partial charge in [0.15, 0.2) is 5.16 Å². The van der Waals surface area contributed by atoms with Crippen molar-refractivity contribution >= 4 is 57.6 Å². The van der Waals surface area contributed by atoms with Crippen LogP contribution in [0.1, 0.15) is 29.2 Å². The SMILES string of the molecule is O=C(CSc1nc(NC(=O)CN2CCN(c3cc4c(cc3F)c(=O)c(C(=O)O)cn4C3CC3)CC2)cc(=O)[nH]1)Nc1ccccc1. The van der Waals surface area contributed by atoms with E-state index in [0.717, 1.165) is 36.7 Å². The third-order valence-electron chi connectivity index (χ3n) is 7.74. The quantitative estimate of drug-likeness (QED) is 0.148. The number of nitrogens with one attached hydrogen (secondary N) is 3. The molecule has 2 aromatic carbocycles. The van der Waals surface area contributed by atoms with Crippen LogP contribution in [0.25, 0.3) is 10.9 Å². The summed E-state index contributed by atoms with van der Waals surface area (Å²) < 4.78 is 17.1. The molecule has 2 aromatic heterocycles. The number of carbonyl (C=O) groups excluding carboxylic acids is 2. The fraction of sp³-hybridized carbons (Fsp3) is 0.290. The molecule has 4 aromatic rings. The van der Waals surface area contributed by atoms with Gasteiger partial charge in [0.1, 0.15) is 17.2 Å². The van der Waals surface area contributed by atoms with E-state index in [9.17, 15) is 29.1 Å². The first-order valence-corrected chi connectivity index (χ1v) is 15.6. The van der Waals surface area contributed by atoms with Crippen LogP contribution in [0.3, 0.4) is 0 Å². The lowest BCUT2D eigenvalue weighted by molar-refractivity contribution is -0.117. The number of fused-ring (bicyclic) bond motifs is 1. The van der Waals surface area contributed by atoms with Crippen molar-refractivity contribution in [1.82, 2.24) is 19.4 Å². The van der Waals surface area contributed by atoms with E-state index in [1.54, 1.807) is 34.9 Å². The Bertz CT molecular complexity index is 1940. The minimum absolute atomic E-state index is 0.000676. The van der Waals surface area contributed by atoms with E-state index in [4.69, 9.17) is 0 Å². The highest BCUT2D eigenvalue weighted by Gasteiger charge is 2.29. The molecule has 13 nitrogen and oxygen atoms in total. The van der Waals surface area contributed by atoms with Gasteiger partial charge in [0.05, 0.1) is 23.5 Å². The van der Waals surface area contributed by atoms with Gasteiger partial charge in [-0.05, 0) is 37.1 Å². The second kappa shape index (κ2) is 13.1. The molecule has 15 heteroatoms. The van der Waals surface area contributed by atoms with Crippen molar-refractivity contribution < 1.29 is 23.9 Å². The summed E-state index contributed by atoms with van der Waals surface area (Å²) in [7, 11) is 0. The van der Waals surface area contributed by atoms with E-state index in [1.807, 2.05) is 15.9 Å². The third-order valence-corrected chi connectivity index (χ3v) is 8.61. The first-order valence-electron chi connectivity index (χ1n) is 14.6. The number of piperazine rings is 1. The van der Waals surface area contributed by atoms with E-state index in [2.05, 4.69) is 20.6 Å². The van der Waals surface area contributed by atoms with Crippen LogP contribution in [0.5, 0.6) is 0 Å². The van der Waals surface area contributed by atoms with Crippen molar-refractivity contribution in [3.63, 3.8) is 0 Å². The number of carbonyl (C=O) groups is 3. The number of hydrogen-bond donors (Lipinski definition) is 4. The molecule has 6 rings (SSSR count). The lowest BCUT2D eigenvalue weighted by atomic mass is 10.1. The van der Waals surface area contributed by atoms with Crippen molar-refractivity contribution in [1.29, 1.82) is 0 Å². The van der Waals surface area contributed by atoms with Gasteiger partial charge >= 0.3 is 5.97 Å². The smallest absolute Gasteiger partial charge is 0.341 e. The molecule has 46 heavy (non-hydrogen) atoms. The molecule has 0 bridgehead atoms. The molecule has 2 aliphatic rings. The zero-order valence-corrected chi connectivity index (χ0v) is 25.3. The number of aromatic carboxylic acids is 1. The summed E-state index contributed by atoms with van der Waals surface area (Å²) in [4.78, 5) is 72.2. The number of rotatable bonds is 10. The molecule has 4 N–H and O–H groups in total. The van der Waals surface area contributed by atoms with Crippen LogP contribution in [0.4, 0.5) is 21.6 Å². The van der Waals surface area contributed by atoms with Crippen LogP contribution in [0, 0.1) is 5.82 Å². The summed E-state index contributed by atoms with van der Waals surface area (Å²) in [6, 6.07) is 12.9. The third kappa shape index (κ3) is 7.10. The van der Waals surface area contributed by atoms with E-state index >= 15 is 4.39 Å². The monoisotopic (exact) mass is 647 g/mol. The van der Waals surface area contributed by atoms with Gasteiger partial charge in [-0.1, -0.05) is 30.0 Å². The zero-order valence-electron chi connectivity index (χ0n) is 24.5. The normalized spacial score (nSPS) is 15.1. The van der Waals surface area contributed by atoms with Crippen molar-refractivity contribution in [2.75, 3.05) is 54.0 Å². The highest BCUT2D eigenvalue weighted by atomic mass is 32.2. The molecule has 0 unspecified atom stereocenters. The molecule has 2 fully saturated rings. The Labute approximate surface area is 265 Å². The zero-order chi connectivity index (χ0) is 32.4. The predicted molar refractivity (Wildman–Crippen MR) is 171 cm³/mol. The molecular weight excluding hydrogens is 617 g/mol. The van der Waals surface area contributed by atoms with Crippen LogP contribution in [0.2, 0.25) is 0 Å². The molecule has 0 atom stereocenters. The summed E-state index contributed by atoms with van der Waals surface area (Å²) in [5.41, 5.74) is -0.119. The number of hydrogen-bond acceptors (Lipinski definition) is 9. The number of benzene rings is 2. The van der Waals surface area contributed by atoms with E-state index in [1.165, 1.54) is 6.20 Å². The van der Waals surface area contributed by atoms with Gasteiger partial charge in [-0.15, -0.1) is 0 Å². The number of pyridine rings is 1. The number of para-hydroxylation sites is 1. The van der Waals surface area contributed by atoms with Gasteiger partial charge in [0.2, 0.25) is 17.2 Å².